The maximum absolute atomic E-state index is 13.7. The number of aliphatic hydroxyl groups is 6. The molecule has 1 aliphatic heterocycles. The quantitative estimate of drug-likeness (QED) is 0.0536. The van der Waals surface area contributed by atoms with Crippen LogP contribution in [0.1, 0.15) is 188 Å². The molecule has 0 bridgehead atoms. The van der Waals surface area contributed by atoms with Crippen LogP contribution in [-0.4, -0.2) is 143 Å². The Morgan fingerprint density at radius 1 is 0.509 bits per heavy atom. The Bertz CT molecular complexity index is 4300. The predicted molar refractivity (Wildman–Crippen MR) is 417 cm³/mol. The number of ketones is 6. The minimum absolute atomic E-state index is 0.0808. The van der Waals surface area contributed by atoms with E-state index in [2.05, 4.69) is 41.8 Å². The van der Waals surface area contributed by atoms with Gasteiger partial charge >= 0.3 is 0 Å². The highest BCUT2D eigenvalue weighted by molar-refractivity contribution is 8.38. The molecule has 9 fully saturated rings. The number of aliphatic hydroxyl groups excluding tert-OH is 3. The van der Waals surface area contributed by atoms with Gasteiger partial charge in [-0.15, -0.1) is 11.8 Å². The van der Waals surface area contributed by atoms with E-state index < -0.39 is 51.4 Å². The van der Waals surface area contributed by atoms with Crippen molar-refractivity contribution in [2.45, 2.75) is 229 Å². The number of thioether (sulfide) groups is 4. The molecule has 15 unspecified atom stereocenters. The first-order valence-electron chi connectivity index (χ1n) is 39.3. The van der Waals surface area contributed by atoms with Crippen LogP contribution in [-0.2, 0) is 40.9 Å². The lowest BCUT2D eigenvalue weighted by molar-refractivity contribution is -0.179. The monoisotopic (exact) mass is 1510 g/mol. The molecule has 2 aromatic carbocycles. The van der Waals surface area contributed by atoms with Crippen LogP contribution in [0, 0.1) is 85.8 Å². The van der Waals surface area contributed by atoms with Gasteiger partial charge < -0.3 is 30.6 Å². The number of aliphatic imine (C=N–C) groups is 1. The van der Waals surface area contributed by atoms with Crippen molar-refractivity contribution in [3.8, 4) is 0 Å². The SMILES string of the molecule is CC12CCC(=O)C=C1CCC1C2[C@@H](O)CC2(C)C1CC[C@]2(O)C(=O)CSC1=Nc2ccccc2CS1.CC12CCC(=O)C=C1CCC1C2[C@@H](O)CC2(C)C1CC[C@]2(O)C(=O)CSCCc1cnccn1.CC12CCC(=O)C=C1CCC1C2[C@@H](O)CC2(C)C1CC[C@]2(O)C(=O)CSc1cccc2cccnc12. The molecular weight excluding hydrogens is 1410 g/mol. The van der Waals surface area contributed by atoms with E-state index in [1.165, 1.54) is 57.6 Å². The number of pyridine rings is 1. The number of allylic oxidation sites excluding steroid dienone is 3. The summed E-state index contributed by atoms with van der Waals surface area (Å²) < 4.78 is 0.875. The number of hydrogen-bond acceptors (Lipinski definition) is 20. The molecule has 16 nitrogen and oxygen atoms in total. The van der Waals surface area contributed by atoms with Gasteiger partial charge in [0.1, 0.15) is 21.2 Å². The molecule has 0 saturated heterocycles. The molecule has 106 heavy (non-hydrogen) atoms. The van der Waals surface area contributed by atoms with Crippen LogP contribution in [0.3, 0.4) is 0 Å². The number of Topliss-reactive ketones (excluding diaryl/α,β-unsaturated/α-hetero) is 3. The summed E-state index contributed by atoms with van der Waals surface area (Å²) in [7, 11) is 0. The molecule has 0 spiro atoms. The zero-order chi connectivity index (χ0) is 74.7. The van der Waals surface area contributed by atoms with E-state index in [1.807, 2.05) is 87.5 Å². The van der Waals surface area contributed by atoms with E-state index in [0.29, 0.717) is 57.8 Å². The number of benzene rings is 2. The predicted octanol–water partition coefficient (Wildman–Crippen LogP) is 14.1. The smallest absolute Gasteiger partial charge is 0.175 e. The van der Waals surface area contributed by atoms with E-state index in [0.717, 1.165) is 127 Å². The first-order valence-corrected chi connectivity index (χ1v) is 43.4. The maximum Gasteiger partial charge on any atom is 0.175 e. The summed E-state index contributed by atoms with van der Waals surface area (Å²) in [5.41, 5.74) is 0.926. The fourth-order valence-electron chi connectivity index (χ4n) is 25.2. The zero-order valence-electron chi connectivity index (χ0n) is 62.3. The molecule has 17 rings (SSSR count). The molecule has 20 heteroatoms. The molecule has 0 radical (unpaired) electrons. The fourth-order valence-corrected chi connectivity index (χ4v) is 29.1. The van der Waals surface area contributed by atoms with Crippen molar-refractivity contribution in [2.75, 3.05) is 23.0 Å². The number of fused-ring (bicyclic) bond motifs is 17. The average Bonchev–Trinajstić information content (AvgIpc) is 1.48. The van der Waals surface area contributed by atoms with Gasteiger partial charge in [-0.2, -0.15) is 11.8 Å². The van der Waals surface area contributed by atoms with Crippen LogP contribution < -0.4 is 0 Å². The third-order valence-electron chi connectivity index (χ3n) is 30.7. The van der Waals surface area contributed by atoms with Crippen molar-refractivity contribution < 1.29 is 59.4 Å². The van der Waals surface area contributed by atoms with Gasteiger partial charge in [0, 0.05) is 82.8 Å². The van der Waals surface area contributed by atoms with Gasteiger partial charge in [-0.3, -0.25) is 43.7 Å². The lowest BCUT2D eigenvalue weighted by Gasteiger charge is -2.60. The highest BCUT2D eigenvalue weighted by atomic mass is 32.2. The first-order chi connectivity index (χ1) is 50.5. The number of carbonyl (C=O) groups is 6. The minimum Gasteiger partial charge on any atom is -0.393 e. The number of carbonyl (C=O) groups excluding carboxylic acids is 6. The summed E-state index contributed by atoms with van der Waals surface area (Å²) in [5.74, 6) is 4.17. The number of hydrogen-bond donors (Lipinski definition) is 6. The van der Waals surface area contributed by atoms with Gasteiger partial charge in [0.2, 0.25) is 0 Å². The van der Waals surface area contributed by atoms with Gasteiger partial charge in [0.25, 0.3) is 0 Å². The Morgan fingerprint density at radius 3 is 1.45 bits per heavy atom. The summed E-state index contributed by atoms with van der Waals surface area (Å²) in [6.07, 6.45) is 25.9. The third kappa shape index (κ3) is 12.7. The molecule has 13 aliphatic rings. The van der Waals surface area contributed by atoms with E-state index in [1.54, 1.807) is 36.5 Å². The number of para-hydroxylation sites is 2. The molecule has 0 amide bonds. The average molecular weight is 1520 g/mol. The van der Waals surface area contributed by atoms with Gasteiger partial charge in [-0.25, -0.2) is 4.99 Å². The summed E-state index contributed by atoms with van der Waals surface area (Å²) >= 11 is 6.06. The van der Waals surface area contributed by atoms with Crippen LogP contribution in [0.4, 0.5) is 5.69 Å². The molecule has 2 aromatic heterocycles. The zero-order valence-corrected chi connectivity index (χ0v) is 65.6. The fraction of sp³-hybridized carbons (Fsp3) is 0.628. The summed E-state index contributed by atoms with van der Waals surface area (Å²) in [5, 5.41) is 71.4. The second kappa shape index (κ2) is 28.9. The molecule has 21 atom stereocenters. The Balaban J connectivity index is 0.000000127. The van der Waals surface area contributed by atoms with Gasteiger partial charge in [0.15, 0.2) is 34.7 Å². The molecule has 6 N–H and O–H groups in total. The maximum atomic E-state index is 13.7. The number of nitrogens with zero attached hydrogens (tertiary/aromatic N) is 4. The molecule has 4 aromatic rings. The normalized spacial score (nSPS) is 40.8. The van der Waals surface area contributed by atoms with Crippen LogP contribution in [0.25, 0.3) is 10.9 Å². The summed E-state index contributed by atoms with van der Waals surface area (Å²) in [6.45, 7) is 12.8. The Kier molecular flexibility index (Phi) is 20.9. The second-order valence-corrected chi connectivity index (χ2v) is 39.7. The van der Waals surface area contributed by atoms with Crippen molar-refractivity contribution in [1.82, 2.24) is 15.0 Å². The Hall–Kier alpha value is -5.00. The molecule has 12 aliphatic carbocycles. The van der Waals surface area contributed by atoms with Gasteiger partial charge in [0.05, 0.1) is 52.5 Å². The first kappa shape index (κ1) is 76.4. The third-order valence-corrected chi connectivity index (χ3v) is 35.0. The molecule has 566 valence electrons. The number of aromatic nitrogens is 3. The lowest BCUT2D eigenvalue weighted by Crippen LogP contribution is -2.62. The van der Waals surface area contributed by atoms with Crippen LogP contribution in [0.2, 0.25) is 0 Å². The Morgan fingerprint density at radius 2 is 0.972 bits per heavy atom. The van der Waals surface area contributed by atoms with Crippen molar-refractivity contribution in [3.63, 3.8) is 0 Å². The van der Waals surface area contributed by atoms with Crippen molar-refractivity contribution in [2.24, 2.45) is 90.7 Å². The van der Waals surface area contributed by atoms with E-state index in [-0.39, 0.29) is 121 Å². The van der Waals surface area contributed by atoms with Crippen molar-refractivity contribution in [3.05, 3.63) is 126 Å². The largest absolute Gasteiger partial charge is 0.393 e. The molecule has 3 heterocycles. The van der Waals surface area contributed by atoms with Gasteiger partial charge in [-0.05, 0) is 233 Å². The number of rotatable bonds is 13. The van der Waals surface area contributed by atoms with Crippen molar-refractivity contribution in [1.29, 1.82) is 0 Å². The molecule has 9 saturated carbocycles. The van der Waals surface area contributed by atoms with Crippen LogP contribution in [0.5, 0.6) is 0 Å². The Labute approximate surface area is 640 Å². The second-order valence-electron chi connectivity index (χ2n) is 35.4. The number of aryl methyl sites for hydroxylation is 1. The standard InChI is InChI=1S/C30H35NO4S.C29H35NO4S2.C27H36N2O4S/c1-28-12-10-20(32)15-19(28)8-9-21-22-11-13-30(35,29(22,2)16-23(33)26(21)28)25(34)17-36-24-7-3-5-18-6-4-14-31-27(18)24;1-27-11-9-19(31)13-18(27)7-8-20-21-10-12-29(34,28(21,2)14-23(32)25(20)27)24(33)16-36-26-30-22-6-4-3-5-17(22)15-35-26;1-25-8-5-19(30)13-17(25)3-4-20-21-6-9-27(33,26(21,2)14-22(31)24(20)25)23(32)16-34-12-7-18-15-28-10-11-29-18/h3-7,14-15,21-23,26,33,35H,8-13,16-17H2,1-2H3;3-6,13,20-21,23,25,32,34H,7-12,14-16H2,1-2H3;10-11,13,15,20-22,24,31,33H,3-9,12,14,16H2,1-2H3/t21?,22?,23-,26?,28?,29?,30-;20?,21?,23-,25?,27?,28?,29-;20?,21?,22-,24?,25?,26?,27-/m000/s1. The minimum atomic E-state index is -1.44. The van der Waals surface area contributed by atoms with Crippen molar-refractivity contribution >= 4 is 103 Å². The molecular formula is C86H106N4O12S4. The summed E-state index contributed by atoms with van der Waals surface area (Å²) in [4.78, 5) is 95.6. The van der Waals surface area contributed by atoms with E-state index >= 15 is 0 Å². The van der Waals surface area contributed by atoms with Crippen LogP contribution in [0.15, 0.2) is 124 Å². The van der Waals surface area contributed by atoms with Gasteiger partial charge in [-0.1, -0.05) is 118 Å². The van der Waals surface area contributed by atoms with E-state index in [4.69, 9.17) is 4.99 Å². The lowest BCUT2D eigenvalue weighted by atomic mass is 9.45. The highest BCUT2D eigenvalue weighted by Gasteiger charge is 2.72. The van der Waals surface area contributed by atoms with Crippen LogP contribution >= 0.6 is 47.0 Å². The van der Waals surface area contributed by atoms with E-state index in [9.17, 15) is 59.4 Å². The topological polar surface area (TPSA) is 275 Å². The highest BCUT2D eigenvalue weighted by Crippen LogP contribution is 2.72. The summed E-state index contributed by atoms with van der Waals surface area (Å²) in [6, 6.07) is 18.0.